The lowest BCUT2D eigenvalue weighted by molar-refractivity contribution is -0.161. The highest BCUT2D eigenvalue weighted by molar-refractivity contribution is 7.46. The number of hydrogen-bond donors (Lipinski definition) is 2. The van der Waals surface area contributed by atoms with Gasteiger partial charge in [0.25, 0.3) is 0 Å². The van der Waals surface area contributed by atoms with Gasteiger partial charge in [-0.3, -0.25) is 14.1 Å². The molecule has 0 spiro atoms. The van der Waals surface area contributed by atoms with E-state index in [-0.39, 0.29) is 19.4 Å². The van der Waals surface area contributed by atoms with Crippen LogP contribution >= 0.6 is 7.82 Å². The van der Waals surface area contributed by atoms with Gasteiger partial charge in [0, 0.05) is 12.8 Å². The van der Waals surface area contributed by atoms with Gasteiger partial charge in [-0.05, 0) is 89.9 Å². The Hall–Kier alpha value is -3.29. The van der Waals surface area contributed by atoms with Crippen LogP contribution in [0, 0.1) is 0 Å². The first kappa shape index (κ1) is 52.7. The van der Waals surface area contributed by atoms with Crippen molar-refractivity contribution in [3.05, 3.63) is 109 Å². The van der Waals surface area contributed by atoms with Crippen LogP contribution in [0.4, 0.5) is 0 Å². The van der Waals surface area contributed by atoms with Crippen molar-refractivity contribution in [1.82, 2.24) is 0 Å². The first-order valence-corrected chi connectivity index (χ1v) is 22.7. The molecule has 0 aliphatic carbocycles. The van der Waals surface area contributed by atoms with E-state index in [2.05, 4.69) is 110 Å². The average Bonchev–Trinajstić information content (AvgIpc) is 3.17. The van der Waals surface area contributed by atoms with Gasteiger partial charge in [0.05, 0.1) is 6.61 Å². The van der Waals surface area contributed by atoms with E-state index >= 15 is 0 Å². The summed E-state index contributed by atoms with van der Waals surface area (Å²) in [7, 11) is -4.79. The van der Waals surface area contributed by atoms with Crippen molar-refractivity contribution in [3.8, 4) is 0 Å². The number of carbonyl (C=O) groups is 2. The van der Waals surface area contributed by atoms with E-state index in [1.807, 2.05) is 18.2 Å². The van der Waals surface area contributed by atoms with E-state index in [0.717, 1.165) is 51.4 Å². The van der Waals surface area contributed by atoms with E-state index in [1.165, 1.54) is 51.4 Å². The number of phosphoric acid groups is 1. The molecule has 0 aromatic carbocycles. The summed E-state index contributed by atoms with van der Waals surface area (Å²) in [6, 6.07) is 0. The van der Waals surface area contributed by atoms with E-state index in [0.29, 0.717) is 25.7 Å². The average molecular weight is 799 g/mol. The highest BCUT2D eigenvalue weighted by Gasteiger charge is 2.22. The van der Waals surface area contributed by atoms with Crippen molar-refractivity contribution >= 4 is 19.8 Å². The maximum atomic E-state index is 12.4. The number of rotatable bonds is 37. The molecule has 0 heterocycles. The molecule has 0 aromatic heterocycles. The number of carbonyl (C=O) groups excluding carboxylic acids is 2. The Morgan fingerprint density at radius 2 is 0.857 bits per heavy atom. The van der Waals surface area contributed by atoms with Crippen molar-refractivity contribution in [1.29, 1.82) is 0 Å². The molecule has 0 aromatic rings. The molecule has 0 saturated carbocycles. The van der Waals surface area contributed by atoms with Crippen molar-refractivity contribution in [2.45, 2.75) is 161 Å². The number of hydrogen-bond acceptors (Lipinski definition) is 6. The summed E-state index contributed by atoms with van der Waals surface area (Å²) < 4.78 is 26.3. The standard InChI is InChI=1S/C47H75O8P/c1-3-5-7-9-11-13-15-17-19-21-22-23-24-26-27-29-31-33-35-37-39-41-46(48)53-43-45(44-54-56(50,51)52)55-47(49)42-40-38-36-34-32-30-28-25-20-18-16-14-12-10-8-6-4-2/h6,8,12,14,18-21,23-24,27-30,33-36,45H,3-5,7,9-11,13,15-17,22,25-26,31-32,37-44H2,1-2H3,(H2,50,51,52)/b8-6+,14-12+,20-18+,21-19+,24-23+,29-27+,30-28+,35-33+,36-34+/t45-/m1/s1. The maximum Gasteiger partial charge on any atom is 0.469 e. The fourth-order valence-electron chi connectivity index (χ4n) is 5.16. The number of phosphoric ester groups is 1. The van der Waals surface area contributed by atoms with Gasteiger partial charge >= 0.3 is 19.8 Å². The monoisotopic (exact) mass is 799 g/mol. The molecule has 316 valence electrons. The molecule has 2 N–H and O–H groups in total. The number of ether oxygens (including phenoxy) is 2. The summed E-state index contributed by atoms with van der Waals surface area (Å²) in [4.78, 5) is 42.8. The zero-order valence-electron chi connectivity index (χ0n) is 34.7. The highest BCUT2D eigenvalue weighted by atomic mass is 31.2. The summed E-state index contributed by atoms with van der Waals surface area (Å²) >= 11 is 0. The number of esters is 2. The van der Waals surface area contributed by atoms with Gasteiger partial charge in [0.1, 0.15) is 6.61 Å². The van der Waals surface area contributed by atoms with Gasteiger partial charge < -0.3 is 19.3 Å². The summed E-state index contributed by atoms with van der Waals surface area (Å²) in [5.41, 5.74) is 0. The minimum absolute atomic E-state index is 0.115. The van der Waals surface area contributed by atoms with Crippen LogP contribution in [0.2, 0.25) is 0 Å². The Kier molecular flexibility index (Phi) is 38.9. The van der Waals surface area contributed by atoms with Gasteiger partial charge in [-0.15, -0.1) is 0 Å². The molecule has 9 heteroatoms. The third kappa shape index (κ3) is 43.4. The smallest absolute Gasteiger partial charge is 0.462 e. The highest BCUT2D eigenvalue weighted by Crippen LogP contribution is 2.36. The summed E-state index contributed by atoms with van der Waals surface area (Å²) in [5, 5.41) is 0. The summed E-state index contributed by atoms with van der Waals surface area (Å²) in [5.74, 6) is -1.03. The molecule has 0 aliphatic heterocycles. The fraction of sp³-hybridized carbons (Fsp3) is 0.574. The van der Waals surface area contributed by atoms with Crippen molar-refractivity contribution in [2.24, 2.45) is 0 Å². The second-order valence-electron chi connectivity index (χ2n) is 13.6. The Balaban J connectivity index is 4.13. The zero-order valence-corrected chi connectivity index (χ0v) is 35.6. The Morgan fingerprint density at radius 3 is 1.29 bits per heavy atom. The molecule has 0 rings (SSSR count). The maximum absolute atomic E-state index is 12.4. The van der Waals surface area contributed by atoms with Gasteiger partial charge in [0.2, 0.25) is 0 Å². The molecule has 0 aliphatic rings. The third-order valence-corrected chi connectivity index (χ3v) is 8.76. The Bertz CT molecular complexity index is 1260. The quantitative estimate of drug-likeness (QED) is 0.0276. The molecular weight excluding hydrogens is 723 g/mol. The SMILES string of the molecule is CC/C=C/C/C=C/C/C=C/C/C=C/C/C=C/CCCC(=O)O[C@H](COC(=O)CCC/C=C/C/C=C/C/C=C/C/C=C/CCCCCCCCC)COP(=O)(O)O. The first-order valence-electron chi connectivity index (χ1n) is 21.2. The van der Waals surface area contributed by atoms with Crippen LogP contribution in [-0.4, -0.2) is 41.0 Å². The van der Waals surface area contributed by atoms with Crippen molar-refractivity contribution < 1.29 is 37.9 Å². The Morgan fingerprint density at radius 1 is 0.482 bits per heavy atom. The van der Waals surface area contributed by atoms with Crippen molar-refractivity contribution in [2.75, 3.05) is 13.2 Å². The van der Waals surface area contributed by atoms with Crippen molar-refractivity contribution in [3.63, 3.8) is 0 Å². The number of unbranched alkanes of at least 4 members (excludes halogenated alkanes) is 9. The summed E-state index contributed by atoms with van der Waals surface area (Å²) in [6.45, 7) is 3.46. The second kappa shape index (κ2) is 41.3. The predicted molar refractivity (Wildman–Crippen MR) is 234 cm³/mol. The summed E-state index contributed by atoms with van der Waals surface area (Å²) in [6.07, 6.45) is 58.3. The molecular formula is C47H75O8P. The van der Waals surface area contributed by atoms with E-state index in [1.54, 1.807) is 0 Å². The number of allylic oxidation sites excluding steroid dienone is 18. The lowest BCUT2D eigenvalue weighted by atomic mass is 10.1. The second-order valence-corrected chi connectivity index (χ2v) is 14.8. The van der Waals surface area contributed by atoms with Gasteiger partial charge in [-0.1, -0.05) is 162 Å². The Labute approximate surface area is 340 Å². The van der Waals surface area contributed by atoms with E-state index in [4.69, 9.17) is 19.3 Å². The fourth-order valence-corrected chi connectivity index (χ4v) is 5.52. The van der Waals surface area contributed by atoms with Crippen LogP contribution < -0.4 is 0 Å². The van der Waals surface area contributed by atoms with Gasteiger partial charge in [0.15, 0.2) is 6.10 Å². The van der Waals surface area contributed by atoms with Crippen LogP contribution in [-0.2, 0) is 28.2 Å². The molecule has 1 atom stereocenters. The minimum atomic E-state index is -4.79. The molecule has 0 unspecified atom stereocenters. The topological polar surface area (TPSA) is 119 Å². The van der Waals surface area contributed by atoms with Crippen LogP contribution in [0.1, 0.15) is 155 Å². The molecule has 0 bridgehead atoms. The third-order valence-electron chi connectivity index (χ3n) is 8.28. The van der Waals surface area contributed by atoms with E-state index in [9.17, 15) is 14.2 Å². The van der Waals surface area contributed by atoms with Crippen LogP contribution in [0.25, 0.3) is 0 Å². The first-order chi connectivity index (χ1) is 27.3. The van der Waals surface area contributed by atoms with Crippen LogP contribution in [0.5, 0.6) is 0 Å². The molecule has 0 radical (unpaired) electrons. The molecule has 8 nitrogen and oxygen atoms in total. The lowest BCUT2D eigenvalue weighted by Crippen LogP contribution is -2.29. The van der Waals surface area contributed by atoms with Crippen LogP contribution in [0.3, 0.4) is 0 Å². The minimum Gasteiger partial charge on any atom is -0.462 e. The lowest BCUT2D eigenvalue weighted by Gasteiger charge is -2.18. The van der Waals surface area contributed by atoms with E-state index < -0.39 is 32.5 Å². The predicted octanol–water partition coefficient (Wildman–Crippen LogP) is 13.2. The molecule has 0 fully saturated rings. The van der Waals surface area contributed by atoms with Gasteiger partial charge in [-0.2, -0.15) is 0 Å². The largest absolute Gasteiger partial charge is 0.469 e. The normalized spacial score (nSPS) is 13.6. The van der Waals surface area contributed by atoms with Gasteiger partial charge in [-0.25, -0.2) is 4.57 Å². The molecule has 0 amide bonds. The zero-order chi connectivity index (χ0) is 41.1. The molecule has 56 heavy (non-hydrogen) atoms. The van der Waals surface area contributed by atoms with Crippen LogP contribution in [0.15, 0.2) is 109 Å². The molecule has 0 saturated heterocycles.